The molecule has 2 aromatic rings. The van der Waals surface area contributed by atoms with Gasteiger partial charge >= 0.3 is 0 Å². The number of hydrogen-bond donors (Lipinski definition) is 0. The smallest absolute Gasteiger partial charge is 0.188 e. The largest absolute Gasteiger partial charge is 0.372 e. The van der Waals surface area contributed by atoms with Crippen molar-refractivity contribution in [2.75, 3.05) is 43.0 Å². The highest BCUT2D eigenvalue weighted by molar-refractivity contribution is 6.16. The molecule has 180 valence electrons. The topological polar surface area (TPSA) is 26.8 Å². The Hall–Kier alpha value is -2.85. The minimum atomic E-state index is 0.210. The number of Topliss-reactive ketones (excluding diaryl/α,β-unsaturated/α-hetero) is 1. The lowest BCUT2D eigenvalue weighted by atomic mass is 9.88. The molecule has 2 bridgehead atoms. The molecule has 0 N–H and O–H groups in total. The molecule has 34 heavy (non-hydrogen) atoms. The van der Waals surface area contributed by atoms with Crippen molar-refractivity contribution in [2.45, 2.75) is 52.6 Å². The van der Waals surface area contributed by atoms with Gasteiger partial charge in [0, 0.05) is 60.8 Å². The van der Waals surface area contributed by atoms with E-state index in [4.69, 9.17) is 0 Å². The first kappa shape index (κ1) is 24.3. The fourth-order valence-corrected chi connectivity index (χ4v) is 5.58. The van der Waals surface area contributed by atoms with E-state index in [1.807, 2.05) is 0 Å². The molecule has 0 amide bonds. The van der Waals surface area contributed by atoms with Gasteiger partial charge in [0.05, 0.1) is 0 Å². The van der Waals surface area contributed by atoms with Crippen LogP contribution in [0.25, 0.3) is 12.2 Å². The van der Waals surface area contributed by atoms with Gasteiger partial charge in [-0.15, -0.1) is 0 Å². The maximum Gasteiger partial charge on any atom is 0.188 e. The number of piperidine rings is 1. The molecule has 4 nitrogen and oxygen atoms in total. The average Bonchev–Trinajstić information content (AvgIpc) is 3.18. The van der Waals surface area contributed by atoms with Crippen molar-refractivity contribution in [3.05, 3.63) is 70.8 Å². The van der Waals surface area contributed by atoms with Gasteiger partial charge in [-0.05, 0) is 95.1 Å². The summed E-state index contributed by atoms with van der Waals surface area (Å²) in [5, 5.41) is 0. The number of rotatable bonds is 8. The molecular formula is C30H39N3O. The van der Waals surface area contributed by atoms with Gasteiger partial charge in [0.25, 0.3) is 0 Å². The van der Waals surface area contributed by atoms with Gasteiger partial charge in [-0.25, -0.2) is 0 Å². The molecule has 0 aromatic heterocycles. The van der Waals surface area contributed by atoms with Crippen LogP contribution in [0.1, 0.15) is 51.7 Å². The summed E-state index contributed by atoms with van der Waals surface area (Å²) in [6, 6.07) is 17.7. The Morgan fingerprint density at radius 3 is 1.38 bits per heavy atom. The number of carbonyl (C=O) groups is 1. The van der Waals surface area contributed by atoms with E-state index in [-0.39, 0.29) is 17.9 Å². The van der Waals surface area contributed by atoms with Crippen LogP contribution in [-0.2, 0) is 4.79 Å². The molecule has 2 atom stereocenters. The second-order valence-electron chi connectivity index (χ2n) is 9.33. The molecule has 2 fully saturated rings. The quantitative estimate of drug-likeness (QED) is 0.462. The van der Waals surface area contributed by atoms with E-state index in [0.29, 0.717) is 0 Å². The molecule has 0 saturated carbocycles. The zero-order valence-corrected chi connectivity index (χ0v) is 21.4. The first-order valence-electron chi connectivity index (χ1n) is 12.9. The number of fused-ring (bicyclic) bond motifs is 2. The molecule has 4 rings (SSSR count). The maximum atomic E-state index is 13.7. The van der Waals surface area contributed by atoms with Gasteiger partial charge < -0.3 is 9.80 Å². The van der Waals surface area contributed by atoms with Gasteiger partial charge in [0.2, 0.25) is 0 Å². The molecule has 2 saturated heterocycles. The molecule has 0 radical (unpaired) electrons. The highest BCUT2D eigenvalue weighted by Gasteiger charge is 2.44. The highest BCUT2D eigenvalue weighted by Crippen LogP contribution is 2.40. The Balaban J connectivity index is 1.63. The van der Waals surface area contributed by atoms with Crippen LogP contribution < -0.4 is 9.80 Å². The number of carbonyl (C=O) groups excluding carboxylic acids is 1. The molecule has 2 aliphatic heterocycles. The summed E-state index contributed by atoms with van der Waals surface area (Å²) >= 11 is 0. The number of nitrogens with zero attached hydrogens (tertiary/aromatic N) is 3. The van der Waals surface area contributed by atoms with Crippen LogP contribution in [0.2, 0.25) is 0 Å². The highest BCUT2D eigenvalue weighted by atomic mass is 16.1. The molecule has 2 aliphatic rings. The maximum absolute atomic E-state index is 13.7. The van der Waals surface area contributed by atoms with E-state index in [0.717, 1.165) is 61.3 Å². The van der Waals surface area contributed by atoms with Crippen LogP contribution in [0.4, 0.5) is 11.4 Å². The minimum absolute atomic E-state index is 0.210. The summed E-state index contributed by atoms with van der Waals surface area (Å²) in [4.78, 5) is 20.8. The molecular weight excluding hydrogens is 418 g/mol. The Labute approximate surface area is 205 Å². The van der Waals surface area contributed by atoms with E-state index < -0.39 is 0 Å². The fourth-order valence-electron chi connectivity index (χ4n) is 5.58. The van der Waals surface area contributed by atoms with Crippen molar-refractivity contribution < 1.29 is 4.79 Å². The van der Waals surface area contributed by atoms with Crippen LogP contribution in [0.3, 0.4) is 0 Å². The SMILES string of the molecule is CCN(CC)c1ccc(C=C2C(=O)C(=Cc3ccc(N(CC)CC)cc3)C3CCC2N3C)cc1. The van der Waals surface area contributed by atoms with E-state index in [9.17, 15) is 4.79 Å². The molecule has 2 aromatic carbocycles. The lowest BCUT2D eigenvalue weighted by molar-refractivity contribution is -0.114. The third-order valence-corrected chi connectivity index (χ3v) is 7.63. The van der Waals surface area contributed by atoms with E-state index >= 15 is 0 Å². The van der Waals surface area contributed by atoms with E-state index in [1.165, 1.54) is 11.4 Å². The van der Waals surface area contributed by atoms with Crippen LogP contribution >= 0.6 is 0 Å². The van der Waals surface area contributed by atoms with Gasteiger partial charge in [0.15, 0.2) is 5.78 Å². The first-order valence-corrected chi connectivity index (χ1v) is 12.9. The summed E-state index contributed by atoms with van der Waals surface area (Å²) < 4.78 is 0. The fraction of sp³-hybridized carbons (Fsp3) is 0.433. The molecule has 0 aliphatic carbocycles. The third kappa shape index (κ3) is 4.69. The normalized spacial score (nSPS) is 22.6. The number of benzene rings is 2. The summed E-state index contributed by atoms with van der Waals surface area (Å²) in [7, 11) is 2.17. The molecule has 4 heteroatoms. The third-order valence-electron chi connectivity index (χ3n) is 7.63. The van der Waals surface area contributed by atoms with Crippen molar-refractivity contribution in [3.63, 3.8) is 0 Å². The van der Waals surface area contributed by atoms with Crippen LogP contribution in [0.15, 0.2) is 59.7 Å². The Morgan fingerprint density at radius 1 is 0.706 bits per heavy atom. The lowest BCUT2D eigenvalue weighted by Crippen LogP contribution is -2.43. The predicted molar refractivity (Wildman–Crippen MR) is 146 cm³/mol. The first-order chi connectivity index (χ1) is 16.5. The number of likely N-dealkylation sites (N-methyl/N-ethyl adjacent to an activating group) is 1. The summed E-state index contributed by atoms with van der Waals surface area (Å²) in [5.74, 6) is 0.214. The van der Waals surface area contributed by atoms with Crippen molar-refractivity contribution in [1.82, 2.24) is 4.90 Å². The summed E-state index contributed by atoms with van der Waals surface area (Å²) in [6.45, 7) is 12.7. The zero-order valence-electron chi connectivity index (χ0n) is 21.4. The summed E-state index contributed by atoms with van der Waals surface area (Å²) in [6.07, 6.45) is 6.31. The number of ketones is 1. The van der Waals surface area contributed by atoms with Crippen molar-refractivity contribution in [2.24, 2.45) is 0 Å². The van der Waals surface area contributed by atoms with Crippen molar-refractivity contribution in [3.8, 4) is 0 Å². The monoisotopic (exact) mass is 457 g/mol. The predicted octanol–water partition coefficient (Wildman–Crippen LogP) is 5.89. The van der Waals surface area contributed by atoms with Crippen LogP contribution in [0, 0.1) is 0 Å². The average molecular weight is 458 g/mol. The Morgan fingerprint density at radius 2 is 1.06 bits per heavy atom. The van der Waals surface area contributed by atoms with Crippen LogP contribution in [-0.4, -0.2) is 56.0 Å². The number of anilines is 2. The van der Waals surface area contributed by atoms with Gasteiger partial charge in [-0.2, -0.15) is 0 Å². The second kappa shape index (κ2) is 10.6. The lowest BCUT2D eigenvalue weighted by Gasteiger charge is -2.34. The van der Waals surface area contributed by atoms with Gasteiger partial charge in [0.1, 0.15) is 0 Å². The summed E-state index contributed by atoms with van der Waals surface area (Å²) in [5.41, 5.74) is 6.51. The Bertz CT molecular complexity index is 960. The standard InChI is InChI=1S/C30H39N3O/c1-6-32(7-2)24-14-10-22(11-15-24)20-26-28-18-19-29(31(28)5)27(30(26)34)21-23-12-16-25(17-13-23)33(8-3)9-4/h10-17,20-21,28-29H,6-9,18-19H2,1-5H3. The molecule has 2 heterocycles. The number of hydrogen-bond acceptors (Lipinski definition) is 4. The van der Waals surface area contributed by atoms with E-state index in [2.05, 4.69) is 110 Å². The van der Waals surface area contributed by atoms with Gasteiger partial charge in [-0.3, -0.25) is 9.69 Å². The molecule has 2 unspecified atom stereocenters. The Kier molecular flexibility index (Phi) is 7.57. The second-order valence-corrected chi connectivity index (χ2v) is 9.33. The zero-order chi connectivity index (χ0) is 24.2. The van der Waals surface area contributed by atoms with Gasteiger partial charge in [-0.1, -0.05) is 24.3 Å². The minimum Gasteiger partial charge on any atom is -0.372 e. The van der Waals surface area contributed by atoms with Crippen LogP contribution in [0.5, 0.6) is 0 Å². The van der Waals surface area contributed by atoms with Crippen molar-refractivity contribution in [1.29, 1.82) is 0 Å². The van der Waals surface area contributed by atoms with E-state index in [1.54, 1.807) is 0 Å². The van der Waals surface area contributed by atoms with Crippen molar-refractivity contribution >= 4 is 29.3 Å². The molecule has 0 spiro atoms.